The van der Waals surface area contributed by atoms with Crippen LogP contribution in [0.25, 0.3) is 6.08 Å². The molecular formula is C22H30N4O4S2. The Balaban J connectivity index is 1.44. The molecule has 0 N–H and O–H groups in total. The lowest BCUT2D eigenvalue weighted by Gasteiger charge is -2.35. The number of rotatable bonds is 5. The third kappa shape index (κ3) is 4.77. The second-order valence-electron chi connectivity index (χ2n) is 8.67. The lowest BCUT2D eigenvalue weighted by atomic mass is 10.2. The molecule has 2 aromatic rings. The zero-order valence-corrected chi connectivity index (χ0v) is 20.4. The Morgan fingerprint density at radius 3 is 2.28 bits per heavy atom. The van der Waals surface area contributed by atoms with Crippen molar-refractivity contribution < 1.29 is 16.8 Å². The number of nitrogens with zero attached hydrogens (tertiary/aromatic N) is 4. The molecule has 0 unspecified atom stereocenters. The molecule has 2 saturated heterocycles. The molecular weight excluding hydrogens is 448 g/mol. The molecule has 2 fully saturated rings. The van der Waals surface area contributed by atoms with Crippen LogP contribution in [0.1, 0.15) is 35.0 Å². The molecule has 3 heterocycles. The van der Waals surface area contributed by atoms with E-state index in [1.54, 1.807) is 6.08 Å². The number of piperazine rings is 1. The second-order valence-corrected chi connectivity index (χ2v) is 12.7. The Bertz CT molecular complexity index is 1220. The van der Waals surface area contributed by atoms with Gasteiger partial charge in [-0.05, 0) is 38.8 Å². The highest BCUT2D eigenvalue weighted by Crippen LogP contribution is 2.32. The molecule has 4 rings (SSSR count). The minimum atomic E-state index is -3.50. The van der Waals surface area contributed by atoms with E-state index in [4.69, 9.17) is 0 Å². The summed E-state index contributed by atoms with van der Waals surface area (Å²) in [5.74, 6) is 0.339. The summed E-state index contributed by atoms with van der Waals surface area (Å²) in [6.07, 6.45) is 2.22. The standard InChI is InChI=1S/C22H30N4O4S2/c1-17-4-6-20(7-5-17)8-15-32(29,30)25-12-10-24(11-13-25)22-18(2)23-26(19(22)3)21-9-14-31(27,28)16-21/h4-8,15,21H,9-14,16H2,1-3H3/b15-8+/t21-/m1/s1. The minimum Gasteiger partial charge on any atom is -0.366 e. The van der Waals surface area contributed by atoms with Crippen molar-refractivity contribution in [1.82, 2.24) is 14.1 Å². The normalized spacial score (nSPS) is 22.1. The average molecular weight is 479 g/mol. The summed E-state index contributed by atoms with van der Waals surface area (Å²) >= 11 is 0. The van der Waals surface area contributed by atoms with E-state index in [0.717, 1.165) is 28.2 Å². The summed E-state index contributed by atoms with van der Waals surface area (Å²) in [5.41, 5.74) is 4.76. The first-order chi connectivity index (χ1) is 15.1. The maximum atomic E-state index is 12.8. The SMILES string of the molecule is Cc1ccc(/C=C/S(=O)(=O)N2CCN(c3c(C)nn([C@@H]4CCS(=O)(=O)C4)c3C)CC2)cc1. The molecule has 0 radical (unpaired) electrons. The fourth-order valence-electron chi connectivity index (χ4n) is 4.53. The summed E-state index contributed by atoms with van der Waals surface area (Å²) in [4.78, 5) is 2.16. The van der Waals surface area contributed by atoms with E-state index in [2.05, 4.69) is 10.00 Å². The Labute approximate surface area is 190 Å². The zero-order chi connectivity index (χ0) is 23.1. The predicted octanol–water partition coefficient (Wildman–Crippen LogP) is 2.29. The van der Waals surface area contributed by atoms with Crippen LogP contribution in [-0.4, -0.2) is 68.6 Å². The summed E-state index contributed by atoms with van der Waals surface area (Å²) in [5, 5.41) is 5.92. The van der Waals surface area contributed by atoms with Crippen molar-refractivity contribution in [3.05, 3.63) is 52.2 Å². The van der Waals surface area contributed by atoms with E-state index in [-0.39, 0.29) is 17.5 Å². The molecule has 1 aromatic carbocycles. The van der Waals surface area contributed by atoms with E-state index in [1.807, 2.05) is 49.7 Å². The van der Waals surface area contributed by atoms with Crippen LogP contribution in [0.2, 0.25) is 0 Å². The van der Waals surface area contributed by atoms with Crippen LogP contribution >= 0.6 is 0 Å². The largest absolute Gasteiger partial charge is 0.366 e. The van der Waals surface area contributed by atoms with Gasteiger partial charge in [0.2, 0.25) is 10.0 Å². The smallest absolute Gasteiger partial charge is 0.236 e. The molecule has 0 amide bonds. The number of sulfonamides is 1. The quantitative estimate of drug-likeness (QED) is 0.655. The van der Waals surface area contributed by atoms with E-state index >= 15 is 0 Å². The molecule has 0 aliphatic carbocycles. The number of hydrogen-bond acceptors (Lipinski definition) is 6. The first-order valence-electron chi connectivity index (χ1n) is 10.8. The minimum absolute atomic E-state index is 0.124. The van der Waals surface area contributed by atoms with Gasteiger partial charge in [0.25, 0.3) is 0 Å². The average Bonchev–Trinajstić information content (AvgIpc) is 3.25. The second kappa shape index (κ2) is 8.64. The highest BCUT2D eigenvalue weighted by molar-refractivity contribution is 7.92. The van der Waals surface area contributed by atoms with Crippen LogP contribution in [0.3, 0.4) is 0 Å². The van der Waals surface area contributed by atoms with Gasteiger partial charge in [0.05, 0.1) is 34.6 Å². The van der Waals surface area contributed by atoms with Crippen LogP contribution in [0.15, 0.2) is 29.7 Å². The molecule has 32 heavy (non-hydrogen) atoms. The van der Waals surface area contributed by atoms with Crippen molar-refractivity contribution in [3.63, 3.8) is 0 Å². The van der Waals surface area contributed by atoms with E-state index < -0.39 is 19.9 Å². The summed E-state index contributed by atoms with van der Waals surface area (Å²) in [7, 11) is -6.49. The molecule has 0 spiro atoms. The predicted molar refractivity (Wildman–Crippen MR) is 127 cm³/mol. The summed E-state index contributed by atoms with van der Waals surface area (Å²) in [6, 6.07) is 7.59. The van der Waals surface area contributed by atoms with Gasteiger partial charge in [-0.2, -0.15) is 9.40 Å². The van der Waals surface area contributed by atoms with Crippen molar-refractivity contribution in [2.45, 2.75) is 33.2 Å². The highest BCUT2D eigenvalue weighted by Gasteiger charge is 2.33. The van der Waals surface area contributed by atoms with Gasteiger partial charge < -0.3 is 4.90 Å². The molecule has 8 nitrogen and oxygen atoms in total. The fourth-order valence-corrected chi connectivity index (χ4v) is 7.40. The third-order valence-electron chi connectivity index (χ3n) is 6.27. The summed E-state index contributed by atoms with van der Waals surface area (Å²) in [6.45, 7) is 7.79. The molecule has 2 aliphatic heterocycles. The topological polar surface area (TPSA) is 92.6 Å². The monoisotopic (exact) mass is 478 g/mol. The Morgan fingerprint density at radius 2 is 1.69 bits per heavy atom. The van der Waals surface area contributed by atoms with Crippen LogP contribution < -0.4 is 4.90 Å². The Morgan fingerprint density at radius 1 is 1.03 bits per heavy atom. The number of aromatic nitrogens is 2. The van der Waals surface area contributed by atoms with Crippen LogP contribution in [0.5, 0.6) is 0 Å². The van der Waals surface area contributed by atoms with Gasteiger partial charge in [0.15, 0.2) is 9.84 Å². The fraction of sp³-hybridized carbons (Fsp3) is 0.500. The van der Waals surface area contributed by atoms with Gasteiger partial charge in [-0.3, -0.25) is 4.68 Å². The van der Waals surface area contributed by atoms with E-state index in [0.29, 0.717) is 32.6 Å². The summed E-state index contributed by atoms with van der Waals surface area (Å²) < 4.78 is 52.7. The molecule has 2 aliphatic rings. The van der Waals surface area contributed by atoms with Gasteiger partial charge >= 0.3 is 0 Å². The highest BCUT2D eigenvalue weighted by atomic mass is 32.2. The van der Waals surface area contributed by atoms with Crippen LogP contribution in [-0.2, 0) is 19.9 Å². The van der Waals surface area contributed by atoms with Gasteiger partial charge in [-0.15, -0.1) is 0 Å². The van der Waals surface area contributed by atoms with Crippen molar-refractivity contribution >= 4 is 31.6 Å². The molecule has 0 saturated carbocycles. The molecule has 10 heteroatoms. The van der Waals surface area contributed by atoms with Crippen LogP contribution in [0.4, 0.5) is 5.69 Å². The maximum Gasteiger partial charge on any atom is 0.236 e. The molecule has 1 atom stereocenters. The van der Waals surface area contributed by atoms with Gasteiger partial charge in [-0.25, -0.2) is 16.8 Å². The zero-order valence-electron chi connectivity index (χ0n) is 18.7. The van der Waals surface area contributed by atoms with Crippen molar-refractivity contribution in [2.24, 2.45) is 0 Å². The molecule has 0 bridgehead atoms. The Hall–Kier alpha value is -2.17. The van der Waals surface area contributed by atoms with Crippen molar-refractivity contribution in [1.29, 1.82) is 0 Å². The lowest BCUT2D eigenvalue weighted by molar-refractivity contribution is 0.389. The number of benzene rings is 1. The van der Waals surface area contributed by atoms with Gasteiger partial charge in [0.1, 0.15) is 0 Å². The van der Waals surface area contributed by atoms with E-state index in [1.165, 1.54) is 9.71 Å². The van der Waals surface area contributed by atoms with Gasteiger partial charge in [-0.1, -0.05) is 29.8 Å². The molecule has 1 aromatic heterocycles. The van der Waals surface area contributed by atoms with Crippen molar-refractivity contribution in [2.75, 3.05) is 42.6 Å². The maximum absolute atomic E-state index is 12.8. The first-order valence-corrected chi connectivity index (χ1v) is 14.1. The van der Waals surface area contributed by atoms with Crippen LogP contribution in [0, 0.1) is 20.8 Å². The van der Waals surface area contributed by atoms with Gasteiger partial charge in [0, 0.05) is 31.6 Å². The Kier molecular flexibility index (Phi) is 6.21. The number of hydrogen-bond donors (Lipinski definition) is 0. The number of sulfone groups is 1. The first kappa shape index (κ1) is 23.0. The number of anilines is 1. The number of aryl methyl sites for hydroxylation is 2. The van der Waals surface area contributed by atoms with Crippen molar-refractivity contribution in [3.8, 4) is 0 Å². The molecule has 174 valence electrons. The lowest BCUT2D eigenvalue weighted by Crippen LogP contribution is -2.48. The third-order valence-corrected chi connectivity index (χ3v) is 9.58. The van der Waals surface area contributed by atoms with E-state index in [9.17, 15) is 16.8 Å².